The summed E-state index contributed by atoms with van der Waals surface area (Å²) in [6.45, 7) is 4.10. The smallest absolute Gasteiger partial charge is 0.379 e. The lowest BCUT2D eigenvalue weighted by Gasteiger charge is -2.15. The number of benzene rings is 1. The molecule has 18 heavy (non-hydrogen) atoms. The van der Waals surface area contributed by atoms with Gasteiger partial charge in [-0.2, -0.15) is 0 Å². The Balaban J connectivity index is 3.16. The molecule has 0 amide bonds. The van der Waals surface area contributed by atoms with Crippen LogP contribution in [-0.4, -0.2) is 18.4 Å². The van der Waals surface area contributed by atoms with Gasteiger partial charge in [-0.15, -0.1) is 0 Å². The molecule has 0 unspecified atom stereocenters. The SMILES string of the molecule is CCOC(=O)C(=O)c1cc(C(C)(C)F)ccc1F. The van der Waals surface area contributed by atoms with E-state index in [2.05, 4.69) is 4.74 Å². The molecule has 1 rings (SSSR count). The van der Waals surface area contributed by atoms with E-state index in [1.807, 2.05) is 0 Å². The number of rotatable bonds is 4. The Bertz CT molecular complexity index is 476. The number of esters is 1. The molecule has 0 heterocycles. The average molecular weight is 256 g/mol. The maximum Gasteiger partial charge on any atom is 0.379 e. The fraction of sp³-hybridized carbons (Fsp3) is 0.385. The lowest BCUT2D eigenvalue weighted by molar-refractivity contribution is -0.137. The van der Waals surface area contributed by atoms with Gasteiger partial charge in [-0.25, -0.2) is 13.6 Å². The number of ketones is 1. The van der Waals surface area contributed by atoms with Crippen LogP contribution in [0.2, 0.25) is 0 Å². The first-order valence-electron chi connectivity index (χ1n) is 5.47. The second-order valence-corrected chi connectivity index (χ2v) is 4.22. The minimum absolute atomic E-state index is 0.0144. The standard InChI is InChI=1S/C13H14F2O3/c1-4-18-12(17)11(16)9-7-8(13(2,3)15)5-6-10(9)14/h5-7H,4H2,1-3H3. The molecule has 0 spiro atoms. The molecule has 1 aromatic carbocycles. The van der Waals surface area contributed by atoms with Crippen LogP contribution in [0.3, 0.4) is 0 Å². The summed E-state index contributed by atoms with van der Waals surface area (Å²) in [6, 6.07) is 3.23. The number of hydrogen-bond donors (Lipinski definition) is 0. The minimum atomic E-state index is -1.72. The lowest BCUT2D eigenvalue weighted by Crippen LogP contribution is -2.20. The molecule has 0 aromatic heterocycles. The van der Waals surface area contributed by atoms with Crippen molar-refractivity contribution < 1.29 is 23.1 Å². The largest absolute Gasteiger partial charge is 0.460 e. The quantitative estimate of drug-likeness (QED) is 0.472. The Kier molecular flexibility index (Phi) is 4.16. The van der Waals surface area contributed by atoms with Crippen LogP contribution in [0.4, 0.5) is 8.78 Å². The van der Waals surface area contributed by atoms with Gasteiger partial charge in [0.05, 0.1) is 12.2 Å². The first-order chi connectivity index (χ1) is 8.27. The number of halogens is 2. The third kappa shape index (κ3) is 3.12. The van der Waals surface area contributed by atoms with Crippen molar-refractivity contribution in [3.05, 3.63) is 35.1 Å². The van der Waals surface area contributed by atoms with Crippen LogP contribution in [0, 0.1) is 5.82 Å². The molecule has 3 nitrogen and oxygen atoms in total. The topological polar surface area (TPSA) is 43.4 Å². The molecular weight excluding hydrogens is 242 g/mol. The molecule has 98 valence electrons. The van der Waals surface area contributed by atoms with Gasteiger partial charge in [-0.1, -0.05) is 6.07 Å². The predicted molar refractivity (Wildman–Crippen MR) is 61.5 cm³/mol. The van der Waals surface area contributed by atoms with Crippen LogP contribution in [0.1, 0.15) is 36.7 Å². The highest BCUT2D eigenvalue weighted by Gasteiger charge is 2.25. The van der Waals surface area contributed by atoms with Crippen molar-refractivity contribution in [3.8, 4) is 0 Å². The van der Waals surface area contributed by atoms with E-state index >= 15 is 0 Å². The van der Waals surface area contributed by atoms with Gasteiger partial charge < -0.3 is 4.74 Å². The number of Topliss-reactive ketones (excluding diaryl/α,β-unsaturated/α-hetero) is 1. The van der Waals surface area contributed by atoms with Crippen LogP contribution in [0.5, 0.6) is 0 Å². The van der Waals surface area contributed by atoms with Crippen LogP contribution in [0.25, 0.3) is 0 Å². The van der Waals surface area contributed by atoms with Crippen molar-refractivity contribution in [3.63, 3.8) is 0 Å². The molecule has 0 N–H and O–H groups in total. The first-order valence-corrected chi connectivity index (χ1v) is 5.47. The third-order valence-electron chi connectivity index (χ3n) is 2.36. The zero-order chi connectivity index (χ0) is 13.9. The Morgan fingerprint density at radius 2 is 1.94 bits per heavy atom. The van der Waals surface area contributed by atoms with Gasteiger partial charge in [0.15, 0.2) is 0 Å². The van der Waals surface area contributed by atoms with Gasteiger partial charge in [0.1, 0.15) is 11.5 Å². The van der Waals surface area contributed by atoms with Gasteiger partial charge in [-0.05, 0) is 38.5 Å². The molecule has 0 aliphatic rings. The lowest BCUT2D eigenvalue weighted by atomic mass is 9.96. The molecule has 1 aromatic rings. The van der Waals surface area contributed by atoms with Crippen LogP contribution >= 0.6 is 0 Å². The maximum absolute atomic E-state index is 13.7. The van der Waals surface area contributed by atoms with Crippen LogP contribution in [-0.2, 0) is 15.2 Å². The van der Waals surface area contributed by atoms with E-state index in [0.717, 1.165) is 12.1 Å². The van der Waals surface area contributed by atoms with Gasteiger partial charge in [-0.3, -0.25) is 4.79 Å². The molecule has 0 fully saturated rings. The summed E-state index contributed by atoms with van der Waals surface area (Å²) >= 11 is 0. The summed E-state index contributed by atoms with van der Waals surface area (Å²) in [5.41, 5.74) is -2.08. The zero-order valence-electron chi connectivity index (χ0n) is 10.4. The van der Waals surface area contributed by atoms with E-state index in [9.17, 15) is 18.4 Å². The zero-order valence-corrected chi connectivity index (χ0v) is 10.4. The molecular formula is C13H14F2O3. The molecule has 0 aliphatic carbocycles. The normalized spacial score (nSPS) is 11.2. The average Bonchev–Trinajstić information content (AvgIpc) is 2.27. The van der Waals surface area contributed by atoms with Gasteiger partial charge in [0.25, 0.3) is 5.78 Å². The van der Waals surface area contributed by atoms with Crippen LogP contribution < -0.4 is 0 Å². The van der Waals surface area contributed by atoms with Gasteiger partial charge >= 0.3 is 5.97 Å². The number of hydrogen-bond acceptors (Lipinski definition) is 3. The Hall–Kier alpha value is -1.78. The summed E-state index contributed by atoms with van der Waals surface area (Å²) in [5.74, 6) is -3.13. The van der Waals surface area contributed by atoms with E-state index < -0.39 is 28.8 Å². The molecule has 0 aliphatic heterocycles. The highest BCUT2D eigenvalue weighted by atomic mass is 19.1. The summed E-state index contributed by atoms with van der Waals surface area (Å²) in [5, 5.41) is 0. The monoisotopic (exact) mass is 256 g/mol. The second-order valence-electron chi connectivity index (χ2n) is 4.22. The van der Waals surface area contributed by atoms with Gasteiger partial charge in [0.2, 0.25) is 0 Å². The summed E-state index contributed by atoms with van der Waals surface area (Å²) in [7, 11) is 0. The second kappa shape index (κ2) is 5.25. The Morgan fingerprint density at radius 3 is 2.44 bits per heavy atom. The van der Waals surface area contributed by atoms with E-state index in [4.69, 9.17) is 0 Å². The van der Waals surface area contributed by atoms with E-state index in [-0.39, 0.29) is 12.2 Å². The third-order valence-corrected chi connectivity index (χ3v) is 2.36. The van der Waals surface area contributed by atoms with Crippen molar-refractivity contribution in [2.75, 3.05) is 6.61 Å². The van der Waals surface area contributed by atoms with E-state index in [1.54, 1.807) is 0 Å². The number of ether oxygens (including phenoxy) is 1. The molecule has 0 radical (unpaired) electrons. The van der Waals surface area contributed by atoms with Crippen molar-refractivity contribution in [2.24, 2.45) is 0 Å². The Labute approximate surface area is 104 Å². The van der Waals surface area contributed by atoms with Crippen molar-refractivity contribution >= 4 is 11.8 Å². The summed E-state index contributed by atoms with van der Waals surface area (Å²) < 4.78 is 31.6. The molecule has 0 bridgehead atoms. The van der Waals surface area contributed by atoms with Crippen molar-refractivity contribution in [1.82, 2.24) is 0 Å². The van der Waals surface area contributed by atoms with Crippen molar-refractivity contribution in [1.29, 1.82) is 0 Å². The fourth-order valence-corrected chi connectivity index (χ4v) is 1.38. The molecule has 0 saturated carbocycles. The van der Waals surface area contributed by atoms with Gasteiger partial charge in [0, 0.05) is 0 Å². The molecule has 5 heteroatoms. The number of carbonyl (C=O) groups excluding carboxylic acids is 2. The fourth-order valence-electron chi connectivity index (χ4n) is 1.38. The maximum atomic E-state index is 13.7. The summed E-state index contributed by atoms with van der Waals surface area (Å²) in [6.07, 6.45) is 0. The predicted octanol–water partition coefficient (Wildman–Crippen LogP) is 2.78. The van der Waals surface area contributed by atoms with E-state index in [1.165, 1.54) is 26.8 Å². The first kappa shape index (κ1) is 14.3. The van der Waals surface area contributed by atoms with Crippen LogP contribution in [0.15, 0.2) is 18.2 Å². The number of alkyl halides is 1. The number of carbonyl (C=O) groups is 2. The summed E-state index contributed by atoms with van der Waals surface area (Å²) in [4.78, 5) is 22.8. The highest BCUT2D eigenvalue weighted by molar-refractivity contribution is 6.40. The molecule has 0 atom stereocenters. The Morgan fingerprint density at radius 1 is 1.33 bits per heavy atom. The highest BCUT2D eigenvalue weighted by Crippen LogP contribution is 2.26. The van der Waals surface area contributed by atoms with Crippen molar-refractivity contribution in [2.45, 2.75) is 26.4 Å². The van der Waals surface area contributed by atoms with E-state index in [0.29, 0.717) is 0 Å². The molecule has 0 saturated heterocycles. The minimum Gasteiger partial charge on any atom is -0.460 e.